The lowest BCUT2D eigenvalue weighted by molar-refractivity contribution is -0.00748. The average molecular weight is 233 g/mol. The number of likely N-dealkylation sites (tertiary alicyclic amines) is 1. The molecular formula is C11H20FNO3. The van der Waals surface area contributed by atoms with Gasteiger partial charge in [-0.3, -0.25) is 0 Å². The Hall–Kier alpha value is -0.840. The van der Waals surface area contributed by atoms with Crippen LogP contribution >= 0.6 is 0 Å². The van der Waals surface area contributed by atoms with Crippen LogP contribution < -0.4 is 0 Å². The number of alkyl halides is 1. The summed E-state index contributed by atoms with van der Waals surface area (Å²) in [7, 11) is 0. The lowest BCUT2D eigenvalue weighted by atomic mass is 10.0. The summed E-state index contributed by atoms with van der Waals surface area (Å²) in [6.07, 6.45) is -0.903. The van der Waals surface area contributed by atoms with Gasteiger partial charge in [-0.1, -0.05) is 0 Å². The fraction of sp³-hybridized carbons (Fsp3) is 0.909. The number of carbonyl (C=O) groups is 1. The van der Waals surface area contributed by atoms with Crippen molar-refractivity contribution in [2.75, 3.05) is 13.2 Å². The standard InChI is InChI=1S/C11H20FNO3/c1-11(2,3)16-10(15)13-5-4-8(12)6-9(13)7-14/h8-9,14H,4-7H2,1-3H3/t8-,9-/m1/s1. The second kappa shape index (κ2) is 4.99. The van der Waals surface area contributed by atoms with Gasteiger partial charge in [-0.2, -0.15) is 0 Å². The van der Waals surface area contributed by atoms with Crippen molar-refractivity contribution in [2.24, 2.45) is 0 Å². The van der Waals surface area contributed by atoms with E-state index in [1.807, 2.05) is 0 Å². The minimum absolute atomic E-state index is 0.190. The smallest absolute Gasteiger partial charge is 0.410 e. The summed E-state index contributed by atoms with van der Waals surface area (Å²) in [4.78, 5) is 13.2. The van der Waals surface area contributed by atoms with Crippen LogP contribution in [0.2, 0.25) is 0 Å². The molecule has 0 aliphatic carbocycles. The summed E-state index contributed by atoms with van der Waals surface area (Å²) in [6.45, 7) is 5.42. The van der Waals surface area contributed by atoms with Gasteiger partial charge in [0.25, 0.3) is 0 Å². The Morgan fingerprint density at radius 1 is 1.56 bits per heavy atom. The molecule has 2 atom stereocenters. The van der Waals surface area contributed by atoms with E-state index in [1.165, 1.54) is 4.90 Å². The predicted octanol–water partition coefficient (Wildman–Crippen LogP) is 1.72. The number of piperidine rings is 1. The maximum absolute atomic E-state index is 13.1. The first-order valence-electron chi connectivity index (χ1n) is 5.58. The van der Waals surface area contributed by atoms with Gasteiger partial charge in [0.1, 0.15) is 11.8 Å². The summed E-state index contributed by atoms with van der Waals surface area (Å²) in [5.41, 5.74) is -0.566. The maximum atomic E-state index is 13.1. The first-order chi connectivity index (χ1) is 7.33. The van der Waals surface area contributed by atoms with Gasteiger partial charge in [0.05, 0.1) is 12.6 Å². The molecule has 1 N–H and O–H groups in total. The molecule has 0 aromatic rings. The van der Waals surface area contributed by atoms with Crippen molar-refractivity contribution in [3.63, 3.8) is 0 Å². The molecule has 0 saturated carbocycles. The fourth-order valence-corrected chi connectivity index (χ4v) is 1.74. The third kappa shape index (κ3) is 3.63. The number of hydrogen-bond acceptors (Lipinski definition) is 3. The number of amides is 1. The van der Waals surface area contributed by atoms with Crippen LogP contribution in [-0.4, -0.2) is 47.1 Å². The van der Waals surface area contributed by atoms with E-state index >= 15 is 0 Å². The van der Waals surface area contributed by atoms with E-state index in [1.54, 1.807) is 20.8 Å². The maximum Gasteiger partial charge on any atom is 0.410 e. The highest BCUT2D eigenvalue weighted by Crippen LogP contribution is 2.22. The molecule has 1 fully saturated rings. The van der Waals surface area contributed by atoms with Crippen molar-refractivity contribution < 1.29 is 19.0 Å². The first-order valence-corrected chi connectivity index (χ1v) is 5.58. The van der Waals surface area contributed by atoms with Gasteiger partial charge in [-0.05, 0) is 27.2 Å². The third-order valence-electron chi connectivity index (χ3n) is 2.49. The number of aliphatic hydroxyl groups excluding tert-OH is 1. The minimum Gasteiger partial charge on any atom is -0.444 e. The van der Waals surface area contributed by atoms with Crippen molar-refractivity contribution in [3.8, 4) is 0 Å². The van der Waals surface area contributed by atoms with Crippen LogP contribution in [0.5, 0.6) is 0 Å². The van der Waals surface area contributed by atoms with E-state index in [2.05, 4.69) is 0 Å². The number of hydrogen-bond donors (Lipinski definition) is 1. The average Bonchev–Trinajstić information content (AvgIpc) is 2.14. The first kappa shape index (κ1) is 13.2. The van der Waals surface area contributed by atoms with Gasteiger partial charge >= 0.3 is 6.09 Å². The van der Waals surface area contributed by atoms with E-state index in [4.69, 9.17) is 9.84 Å². The number of halogens is 1. The lowest BCUT2D eigenvalue weighted by Crippen LogP contribution is -2.50. The zero-order valence-corrected chi connectivity index (χ0v) is 10.1. The molecule has 0 aromatic carbocycles. The molecule has 0 unspecified atom stereocenters. The van der Waals surface area contributed by atoms with Crippen LogP contribution in [0.1, 0.15) is 33.6 Å². The van der Waals surface area contributed by atoms with Crippen molar-refractivity contribution in [3.05, 3.63) is 0 Å². The summed E-state index contributed by atoms with van der Waals surface area (Å²) in [5, 5.41) is 9.11. The Balaban J connectivity index is 2.60. The summed E-state index contributed by atoms with van der Waals surface area (Å²) < 4.78 is 18.3. The largest absolute Gasteiger partial charge is 0.444 e. The molecule has 1 rings (SSSR count). The second-order valence-electron chi connectivity index (χ2n) is 5.13. The van der Waals surface area contributed by atoms with Gasteiger partial charge in [-0.15, -0.1) is 0 Å². The number of aliphatic hydroxyl groups is 1. The molecule has 1 aliphatic heterocycles. The molecule has 0 aromatic heterocycles. The molecule has 4 nitrogen and oxygen atoms in total. The second-order valence-corrected chi connectivity index (χ2v) is 5.13. The summed E-state index contributed by atoms with van der Waals surface area (Å²) >= 11 is 0. The Morgan fingerprint density at radius 2 is 2.19 bits per heavy atom. The van der Waals surface area contributed by atoms with Gasteiger partial charge in [0.15, 0.2) is 0 Å². The monoisotopic (exact) mass is 233 g/mol. The Bertz CT molecular complexity index is 252. The molecule has 94 valence electrons. The van der Waals surface area contributed by atoms with E-state index in [-0.39, 0.29) is 13.0 Å². The van der Waals surface area contributed by atoms with Crippen LogP contribution in [0.15, 0.2) is 0 Å². The topological polar surface area (TPSA) is 49.8 Å². The lowest BCUT2D eigenvalue weighted by Gasteiger charge is -2.36. The van der Waals surface area contributed by atoms with E-state index in [9.17, 15) is 9.18 Å². The van der Waals surface area contributed by atoms with E-state index in [0.717, 1.165) is 0 Å². The van der Waals surface area contributed by atoms with Crippen LogP contribution in [0.4, 0.5) is 9.18 Å². The Labute approximate surface area is 95.4 Å². The zero-order chi connectivity index (χ0) is 12.3. The van der Waals surface area contributed by atoms with Crippen LogP contribution in [-0.2, 0) is 4.74 Å². The number of carbonyl (C=O) groups excluding carboxylic acids is 1. The molecular weight excluding hydrogens is 213 g/mol. The van der Waals surface area contributed by atoms with Gasteiger partial charge in [0.2, 0.25) is 0 Å². The molecule has 16 heavy (non-hydrogen) atoms. The quantitative estimate of drug-likeness (QED) is 0.750. The highest BCUT2D eigenvalue weighted by atomic mass is 19.1. The van der Waals surface area contributed by atoms with Crippen molar-refractivity contribution in [1.82, 2.24) is 4.90 Å². The molecule has 0 radical (unpaired) electrons. The van der Waals surface area contributed by atoms with Crippen LogP contribution in [0, 0.1) is 0 Å². The molecule has 1 saturated heterocycles. The predicted molar refractivity (Wildman–Crippen MR) is 57.9 cm³/mol. The number of rotatable bonds is 1. The highest BCUT2D eigenvalue weighted by Gasteiger charge is 2.33. The van der Waals surface area contributed by atoms with Crippen LogP contribution in [0.25, 0.3) is 0 Å². The minimum atomic E-state index is -0.934. The SMILES string of the molecule is CC(C)(C)OC(=O)N1CC[C@@H](F)C[C@@H]1CO. The molecule has 1 heterocycles. The van der Waals surface area contributed by atoms with Crippen molar-refractivity contribution in [2.45, 2.75) is 51.4 Å². The summed E-state index contributed by atoms with van der Waals surface area (Å²) in [5.74, 6) is 0. The number of nitrogens with zero attached hydrogens (tertiary/aromatic N) is 1. The number of ether oxygens (including phenoxy) is 1. The van der Waals surface area contributed by atoms with E-state index in [0.29, 0.717) is 13.0 Å². The normalized spacial score (nSPS) is 26.7. The summed E-state index contributed by atoms with van der Waals surface area (Å²) in [6, 6.07) is -0.460. The third-order valence-corrected chi connectivity index (χ3v) is 2.49. The highest BCUT2D eigenvalue weighted by molar-refractivity contribution is 5.68. The Kier molecular flexibility index (Phi) is 4.13. The molecule has 0 bridgehead atoms. The van der Waals surface area contributed by atoms with Gasteiger partial charge in [0, 0.05) is 13.0 Å². The van der Waals surface area contributed by atoms with E-state index < -0.39 is 23.9 Å². The fourth-order valence-electron chi connectivity index (χ4n) is 1.74. The molecule has 5 heteroatoms. The van der Waals surface area contributed by atoms with Crippen molar-refractivity contribution >= 4 is 6.09 Å². The van der Waals surface area contributed by atoms with Crippen LogP contribution in [0.3, 0.4) is 0 Å². The Morgan fingerprint density at radius 3 is 2.69 bits per heavy atom. The van der Waals surface area contributed by atoms with Gasteiger partial charge < -0.3 is 14.7 Å². The zero-order valence-electron chi connectivity index (χ0n) is 10.1. The van der Waals surface area contributed by atoms with Crippen molar-refractivity contribution in [1.29, 1.82) is 0 Å². The molecule has 0 spiro atoms. The molecule has 1 aliphatic rings. The van der Waals surface area contributed by atoms with Gasteiger partial charge in [-0.25, -0.2) is 9.18 Å². The molecule has 1 amide bonds.